The molecule has 0 bridgehead atoms. The molecule has 0 spiro atoms. The van der Waals surface area contributed by atoms with Gasteiger partial charge in [0.15, 0.2) is 0 Å². The lowest BCUT2D eigenvalue weighted by Crippen LogP contribution is -2.36. The molecule has 0 radical (unpaired) electrons. The van der Waals surface area contributed by atoms with Gasteiger partial charge in [-0.1, -0.05) is 56.0 Å². The van der Waals surface area contributed by atoms with E-state index in [0.29, 0.717) is 17.9 Å². The second-order valence-corrected chi connectivity index (χ2v) is 9.28. The molecule has 1 amide bonds. The number of amides is 1. The van der Waals surface area contributed by atoms with Crippen molar-refractivity contribution in [3.05, 3.63) is 108 Å². The van der Waals surface area contributed by atoms with Crippen molar-refractivity contribution in [1.29, 1.82) is 0 Å². The number of anilines is 3. The number of morpholine rings is 1. The molecule has 1 unspecified atom stereocenters. The summed E-state index contributed by atoms with van der Waals surface area (Å²) in [5, 5.41) is 6.17. The summed E-state index contributed by atoms with van der Waals surface area (Å²) in [6.07, 6.45) is 4.04. The number of carbonyl (C=O) groups excluding carboxylic acids is 1. The third-order valence-corrected chi connectivity index (χ3v) is 6.33. The van der Waals surface area contributed by atoms with Gasteiger partial charge in [-0.05, 0) is 60.0 Å². The van der Waals surface area contributed by atoms with Crippen LogP contribution in [0.4, 0.5) is 17.1 Å². The normalized spacial score (nSPS) is 14.8. The summed E-state index contributed by atoms with van der Waals surface area (Å²) in [7, 11) is 0. The summed E-state index contributed by atoms with van der Waals surface area (Å²) in [6, 6.07) is 25.6. The van der Waals surface area contributed by atoms with E-state index in [9.17, 15) is 4.79 Å². The van der Waals surface area contributed by atoms with Crippen molar-refractivity contribution >= 4 is 34.9 Å². The number of hydrogen-bond donors (Lipinski definition) is 3. The summed E-state index contributed by atoms with van der Waals surface area (Å²) in [5.74, 6) is 0.359. The van der Waals surface area contributed by atoms with Crippen LogP contribution in [0.5, 0.6) is 0 Å². The SMILES string of the molecule is C=C(/N=C\C=C(/N)c1ccc(NC(=O)C(C)Cc2ccccc2)cc1)Nc1ccc(N2CCOCC2)cc1. The molecule has 7 nitrogen and oxygen atoms in total. The standard InChI is InChI=1S/C31H35N5O2/c1-23(22-25-6-4-3-5-7-25)31(37)35-28-10-8-26(9-11-28)30(32)16-17-33-24(2)34-27-12-14-29(15-13-27)36-18-20-38-21-19-36/h3-17,23,34H,2,18-22,32H2,1H3,(H,35,37)/b30-16-,33-17-. The smallest absolute Gasteiger partial charge is 0.227 e. The highest BCUT2D eigenvalue weighted by Gasteiger charge is 2.14. The van der Waals surface area contributed by atoms with E-state index < -0.39 is 0 Å². The Balaban J connectivity index is 1.25. The number of hydrogen-bond acceptors (Lipinski definition) is 6. The summed E-state index contributed by atoms with van der Waals surface area (Å²) in [6.45, 7) is 9.23. The van der Waals surface area contributed by atoms with Crippen LogP contribution < -0.4 is 21.3 Å². The Kier molecular flexibility index (Phi) is 9.32. The molecule has 0 aromatic heterocycles. The van der Waals surface area contributed by atoms with Crippen LogP contribution in [0.25, 0.3) is 5.70 Å². The Morgan fingerprint density at radius 1 is 1.00 bits per heavy atom. The number of rotatable bonds is 10. The highest BCUT2D eigenvalue weighted by molar-refractivity contribution is 5.92. The van der Waals surface area contributed by atoms with E-state index in [4.69, 9.17) is 10.5 Å². The van der Waals surface area contributed by atoms with Crippen LogP contribution in [0.15, 0.2) is 102 Å². The lowest BCUT2D eigenvalue weighted by Gasteiger charge is -2.28. The Bertz CT molecular complexity index is 1260. The number of nitrogens with two attached hydrogens (primary N) is 1. The first kappa shape index (κ1) is 26.7. The van der Waals surface area contributed by atoms with E-state index in [2.05, 4.69) is 39.2 Å². The first-order valence-electron chi connectivity index (χ1n) is 12.8. The maximum atomic E-state index is 12.6. The number of benzene rings is 3. The molecule has 38 heavy (non-hydrogen) atoms. The Labute approximate surface area is 224 Å². The molecule has 1 heterocycles. The number of aliphatic imine (C=N–C) groups is 1. The molecule has 1 fully saturated rings. The van der Waals surface area contributed by atoms with E-state index in [1.54, 1.807) is 12.3 Å². The Morgan fingerprint density at radius 2 is 1.63 bits per heavy atom. The van der Waals surface area contributed by atoms with Crippen molar-refractivity contribution in [3.63, 3.8) is 0 Å². The molecule has 1 aliphatic rings. The number of nitrogens with one attached hydrogen (secondary N) is 2. The van der Waals surface area contributed by atoms with Gasteiger partial charge >= 0.3 is 0 Å². The minimum atomic E-state index is -0.136. The average Bonchev–Trinajstić information content (AvgIpc) is 2.95. The van der Waals surface area contributed by atoms with Crippen LogP contribution in [-0.2, 0) is 16.0 Å². The van der Waals surface area contributed by atoms with Crippen LogP contribution in [0, 0.1) is 5.92 Å². The van der Waals surface area contributed by atoms with E-state index in [0.717, 1.165) is 48.8 Å². The quantitative estimate of drug-likeness (QED) is 0.323. The molecule has 196 valence electrons. The van der Waals surface area contributed by atoms with Gasteiger partial charge < -0.3 is 26.0 Å². The zero-order valence-corrected chi connectivity index (χ0v) is 21.8. The second-order valence-electron chi connectivity index (χ2n) is 9.28. The summed E-state index contributed by atoms with van der Waals surface area (Å²) >= 11 is 0. The summed E-state index contributed by atoms with van der Waals surface area (Å²) < 4.78 is 5.41. The topological polar surface area (TPSA) is 92.0 Å². The van der Waals surface area contributed by atoms with Gasteiger partial charge in [-0.25, -0.2) is 4.99 Å². The fraction of sp³-hybridized carbons (Fsp3) is 0.226. The van der Waals surface area contributed by atoms with E-state index in [1.165, 1.54) is 5.69 Å². The number of carbonyl (C=O) groups is 1. The molecular formula is C31H35N5O2. The minimum Gasteiger partial charge on any atom is -0.398 e. The van der Waals surface area contributed by atoms with Gasteiger partial charge in [-0.3, -0.25) is 4.79 Å². The van der Waals surface area contributed by atoms with Gasteiger partial charge in [-0.2, -0.15) is 0 Å². The highest BCUT2D eigenvalue weighted by Crippen LogP contribution is 2.20. The van der Waals surface area contributed by atoms with Gasteiger partial charge in [0.25, 0.3) is 0 Å². The van der Waals surface area contributed by atoms with Gasteiger partial charge in [-0.15, -0.1) is 0 Å². The fourth-order valence-electron chi connectivity index (χ4n) is 4.15. The zero-order chi connectivity index (χ0) is 26.7. The van der Waals surface area contributed by atoms with Gasteiger partial charge in [0.2, 0.25) is 5.91 Å². The first-order valence-corrected chi connectivity index (χ1v) is 12.8. The van der Waals surface area contributed by atoms with E-state index >= 15 is 0 Å². The lowest BCUT2D eigenvalue weighted by molar-refractivity contribution is -0.119. The predicted molar refractivity (Wildman–Crippen MR) is 157 cm³/mol. The third-order valence-electron chi connectivity index (χ3n) is 6.33. The van der Waals surface area contributed by atoms with Crippen molar-refractivity contribution in [2.45, 2.75) is 13.3 Å². The van der Waals surface area contributed by atoms with Crippen molar-refractivity contribution in [2.24, 2.45) is 16.6 Å². The average molecular weight is 510 g/mol. The maximum absolute atomic E-state index is 12.6. The molecule has 3 aromatic carbocycles. The minimum absolute atomic E-state index is 0.0148. The van der Waals surface area contributed by atoms with Crippen LogP contribution in [0.2, 0.25) is 0 Å². The van der Waals surface area contributed by atoms with Crippen LogP contribution in [0.1, 0.15) is 18.1 Å². The van der Waals surface area contributed by atoms with Crippen molar-refractivity contribution in [2.75, 3.05) is 41.8 Å². The van der Waals surface area contributed by atoms with Crippen molar-refractivity contribution in [3.8, 4) is 0 Å². The van der Waals surface area contributed by atoms with Crippen LogP contribution >= 0.6 is 0 Å². The molecule has 0 saturated carbocycles. The summed E-state index contributed by atoms with van der Waals surface area (Å²) in [5.41, 5.74) is 11.6. The molecule has 1 aliphatic heterocycles. The molecular weight excluding hydrogens is 474 g/mol. The number of allylic oxidation sites excluding steroid dienone is 1. The van der Waals surface area contributed by atoms with Gasteiger partial charge in [0.1, 0.15) is 5.82 Å². The van der Waals surface area contributed by atoms with Gasteiger partial charge in [0, 0.05) is 48.0 Å². The number of ether oxygens (including phenoxy) is 1. The maximum Gasteiger partial charge on any atom is 0.227 e. The van der Waals surface area contributed by atoms with E-state index in [-0.39, 0.29) is 11.8 Å². The van der Waals surface area contributed by atoms with E-state index in [1.807, 2.05) is 73.7 Å². The Morgan fingerprint density at radius 3 is 2.32 bits per heavy atom. The van der Waals surface area contributed by atoms with Crippen LogP contribution in [-0.4, -0.2) is 38.4 Å². The van der Waals surface area contributed by atoms with Crippen LogP contribution in [0.3, 0.4) is 0 Å². The number of nitrogens with zero attached hydrogens (tertiary/aromatic N) is 2. The molecule has 1 saturated heterocycles. The Hall–Kier alpha value is -4.36. The van der Waals surface area contributed by atoms with Crippen molar-refractivity contribution < 1.29 is 9.53 Å². The van der Waals surface area contributed by atoms with Gasteiger partial charge in [0.05, 0.1) is 13.2 Å². The zero-order valence-electron chi connectivity index (χ0n) is 21.8. The third kappa shape index (κ3) is 7.82. The fourth-order valence-corrected chi connectivity index (χ4v) is 4.15. The molecule has 4 rings (SSSR count). The second kappa shape index (κ2) is 13.3. The molecule has 0 aliphatic carbocycles. The highest BCUT2D eigenvalue weighted by atomic mass is 16.5. The predicted octanol–water partition coefficient (Wildman–Crippen LogP) is 5.29. The molecule has 1 atom stereocenters. The van der Waals surface area contributed by atoms with Crippen molar-refractivity contribution in [1.82, 2.24) is 0 Å². The first-order chi connectivity index (χ1) is 18.5. The largest absolute Gasteiger partial charge is 0.398 e. The monoisotopic (exact) mass is 509 g/mol. The lowest BCUT2D eigenvalue weighted by atomic mass is 10.0. The molecule has 3 aromatic rings. The summed E-state index contributed by atoms with van der Waals surface area (Å²) in [4.78, 5) is 19.2. The molecule has 7 heteroatoms. The molecule has 4 N–H and O–H groups in total.